The minimum Gasteiger partial charge on any atom is -0.455 e. The topological polar surface area (TPSA) is 95.5 Å². The zero-order valence-electron chi connectivity index (χ0n) is 12.6. The summed E-state index contributed by atoms with van der Waals surface area (Å²) in [7, 11) is -1.05. The van der Waals surface area contributed by atoms with Crippen LogP contribution in [0.3, 0.4) is 0 Å². The van der Waals surface area contributed by atoms with Crippen molar-refractivity contribution < 1.29 is 13.9 Å². The molecule has 118 valence electrons. The third-order valence-electron chi connectivity index (χ3n) is 2.59. The molecule has 0 saturated heterocycles. The summed E-state index contributed by atoms with van der Waals surface area (Å²) in [5, 5.41) is 10.6. The van der Waals surface area contributed by atoms with Crippen LogP contribution in [0.5, 0.6) is 11.5 Å². The van der Waals surface area contributed by atoms with Crippen molar-refractivity contribution in [3.05, 3.63) is 52.6 Å². The molecule has 0 spiro atoms. The molecule has 0 amide bonds. The Bertz CT molecular complexity index is 672. The van der Waals surface area contributed by atoms with E-state index in [1.165, 1.54) is 18.2 Å². The number of rotatable bonds is 4. The highest BCUT2D eigenvalue weighted by Gasteiger charge is 2.10. The van der Waals surface area contributed by atoms with Gasteiger partial charge in [-0.15, -0.1) is 0 Å². The van der Waals surface area contributed by atoms with Crippen LogP contribution in [-0.4, -0.2) is 15.4 Å². The van der Waals surface area contributed by atoms with Gasteiger partial charge in [0.2, 0.25) is 0 Å². The van der Waals surface area contributed by atoms with E-state index in [0.29, 0.717) is 16.4 Å². The zero-order valence-corrected chi connectivity index (χ0v) is 13.4. The number of hydrogen-bond acceptors (Lipinski definition) is 5. The van der Waals surface area contributed by atoms with Gasteiger partial charge in [-0.05, 0) is 30.3 Å². The van der Waals surface area contributed by atoms with Crippen molar-refractivity contribution in [2.75, 3.05) is 12.0 Å². The Morgan fingerprint density at radius 3 is 2.18 bits per heavy atom. The number of nitro groups is 1. The lowest BCUT2D eigenvalue weighted by Crippen LogP contribution is -1.95. The first kappa shape index (κ1) is 17.6. The summed E-state index contributed by atoms with van der Waals surface area (Å²) >= 11 is 0. The Balaban J connectivity index is 0.00000116. The normalized spacial score (nSPS) is 11.0. The number of ether oxygens (including phenoxy) is 1. The maximum absolute atomic E-state index is 11.3. The second-order valence-corrected chi connectivity index (χ2v) is 5.39. The lowest BCUT2D eigenvalue weighted by molar-refractivity contribution is -0.384. The standard InChI is InChI=1S/C13H12N2O4S.C2H6/c1-20(18)11-5-3-10(4-6-11)19-13-7-2-9(15(16)17)8-12(13)14;1-2/h2-8H,14H2,1H3;1-2H3. The Kier molecular flexibility index (Phi) is 6.52. The van der Waals surface area contributed by atoms with Crippen molar-refractivity contribution in [1.82, 2.24) is 0 Å². The molecule has 0 saturated carbocycles. The Morgan fingerprint density at radius 1 is 1.14 bits per heavy atom. The van der Waals surface area contributed by atoms with E-state index in [1.807, 2.05) is 13.8 Å². The second-order valence-electron chi connectivity index (χ2n) is 4.01. The number of nitrogens with two attached hydrogens (primary N) is 1. The largest absolute Gasteiger partial charge is 0.455 e. The minimum atomic E-state index is -1.05. The quantitative estimate of drug-likeness (QED) is 0.525. The van der Waals surface area contributed by atoms with E-state index in [2.05, 4.69) is 0 Å². The number of non-ortho nitro benzene ring substituents is 1. The first-order valence-corrected chi connectivity index (χ1v) is 8.18. The summed E-state index contributed by atoms with van der Waals surface area (Å²) in [4.78, 5) is 10.8. The maximum atomic E-state index is 11.3. The third-order valence-corrected chi connectivity index (χ3v) is 3.52. The fraction of sp³-hybridized carbons (Fsp3) is 0.200. The molecule has 22 heavy (non-hydrogen) atoms. The number of anilines is 1. The first-order chi connectivity index (χ1) is 10.5. The third kappa shape index (κ3) is 4.56. The Hall–Kier alpha value is -2.41. The van der Waals surface area contributed by atoms with Gasteiger partial charge < -0.3 is 10.5 Å². The SMILES string of the molecule is CC.CS(=O)c1ccc(Oc2ccc([N+](=O)[O-])cc2N)cc1. The molecular weight excluding hydrogens is 304 g/mol. The highest BCUT2D eigenvalue weighted by atomic mass is 32.2. The summed E-state index contributed by atoms with van der Waals surface area (Å²) in [6, 6.07) is 10.7. The summed E-state index contributed by atoms with van der Waals surface area (Å²) in [6.45, 7) is 4.00. The number of nitro benzene ring substituents is 1. The molecule has 0 fully saturated rings. The van der Waals surface area contributed by atoms with Crippen LogP contribution in [-0.2, 0) is 10.8 Å². The predicted molar refractivity (Wildman–Crippen MR) is 87.7 cm³/mol. The van der Waals surface area contributed by atoms with Gasteiger partial charge in [0.15, 0.2) is 5.75 Å². The molecule has 0 aliphatic heterocycles. The molecule has 2 N–H and O–H groups in total. The molecule has 0 aromatic heterocycles. The van der Waals surface area contributed by atoms with Crippen molar-refractivity contribution in [3.8, 4) is 11.5 Å². The number of nitrogens with zero attached hydrogens (tertiary/aromatic N) is 1. The molecule has 7 heteroatoms. The number of nitrogen functional groups attached to an aromatic ring is 1. The van der Waals surface area contributed by atoms with E-state index < -0.39 is 15.7 Å². The highest BCUT2D eigenvalue weighted by Crippen LogP contribution is 2.30. The van der Waals surface area contributed by atoms with Gasteiger partial charge in [-0.2, -0.15) is 0 Å². The lowest BCUT2D eigenvalue weighted by atomic mass is 10.2. The summed E-state index contributed by atoms with van der Waals surface area (Å²) in [6.07, 6.45) is 1.59. The molecule has 0 aliphatic carbocycles. The molecule has 0 aliphatic rings. The maximum Gasteiger partial charge on any atom is 0.271 e. The van der Waals surface area contributed by atoms with Gasteiger partial charge in [-0.1, -0.05) is 13.8 Å². The van der Waals surface area contributed by atoms with E-state index in [9.17, 15) is 14.3 Å². The van der Waals surface area contributed by atoms with Gasteiger partial charge in [-0.3, -0.25) is 14.3 Å². The van der Waals surface area contributed by atoms with Crippen molar-refractivity contribution in [2.24, 2.45) is 0 Å². The minimum absolute atomic E-state index is 0.0911. The van der Waals surface area contributed by atoms with Crippen molar-refractivity contribution in [1.29, 1.82) is 0 Å². The molecule has 1 atom stereocenters. The second kappa shape index (κ2) is 8.14. The van der Waals surface area contributed by atoms with Crippen LogP contribution in [0.1, 0.15) is 13.8 Å². The Labute approximate surface area is 131 Å². The van der Waals surface area contributed by atoms with Crippen molar-refractivity contribution >= 4 is 22.2 Å². The molecular formula is C15H18N2O4S. The number of hydrogen-bond donors (Lipinski definition) is 1. The van der Waals surface area contributed by atoms with Crippen LogP contribution in [0.15, 0.2) is 47.4 Å². The molecule has 2 aromatic rings. The highest BCUT2D eigenvalue weighted by molar-refractivity contribution is 7.84. The fourth-order valence-corrected chi connectivity index (χ4v) is 2.09. The summed E-state index contributed by atoms with van der Waals surface area (Å²) in [5.41, 5.74) is 5.80. The van der Waals surface area contributed by atoms with Crippen LogP contribution < -0.4 is 10.5 Å². The molecule has 0 bridgehead atoms. The fourth-order valence-electron chi connectivity index (χ4n) is 1.57. The van der Waals surface area contributed by atoms with Gasteiger partial charge in [0.05, 0.1) is 10.6 Å². The van der Waals surface area contributed by atoms with Crippen molar-refractivity contribution in [3.63, 3.8) is 0 Å². The van der Waals surface area contributed by atoms with E-state index >= 15 is 0 Å². The van der Waals surface area contributed by atoms with Gasteiger partial charge in [0, 0.05) is 34.1 Å². The first-order valence-electron chi connectivity index (χ1n) is 6.62. The zero-order chi connectivity index (χ0) is 16.7. The van der Waals surface area contributed by atoms with Crippen LogP contribution in [0.4, 0.5) is 11.4 Å². The van der Waals surface area contributed by atoms with Crippen LogP contribution in [0.25, 0.3) is 0 Å². The van der Waals surface area contributed by atoms with Crippen LogP contribution >= 0.6 is 0 Å². The van der Waals surface area contributed by atoms with E-state index in [-0.39, 0.29) is 11.4 Å². The molecule has 2 rings (SSSR count). The average molecular weight is 322 g/mol. The lowest BCUT2D eigenvalue weighted by Gasteiger charge is -2.08. The van der Waals surface area contributed by atoms with Gasteiger partial charge in [-0.25, -0.2) is 0 Å². The molecule has 1 unspecified atom stereocenters. The van der Waals surface area contributed by atoms with Gasteiger partial charge >= 0.3 is 0 Å². The van der Waals surface area contributed by atoms with E-state index in [0.717, 1.165) is 0 Å². The van der Waals surface area contributed by atoms with Gasteiger partial charge in [0.1, 0.15) is 5.75 Å². The van der Waals surface area contributed by atoms with E-state index in [1.54, 1.807) is 30.5 Å². The average Bonchev–Trinajstić information content (AvgIpc) is 2.51. The molecule has 0 radical (unpaired) electrons. The predicted octanol–water partition coefficient (Wildman–Crippen LogP) is 3.73. The molecule has 2 aromatic carbocycles. The Morgan fingerprint density at radius 2 is 1.73 bits per heavy atom. The summed E-state index contributed by atoms with van der Waals surface area (Å²) in [5.74, 6) is 0.848. The van der Waals surface area contributed by atoms with Crippen LogP contribution in [0, 0.1) is 10.1 Å². The van der Waals surface area contributed by atoms with Crippen molar-refractivity contribution in [2.45, 2.75) is 18.7 Å². The van der Waals surface area contributed by atoms with Gasteiger partial charge in [0.25, 0.3) is 5.69 Å². The number of benzene rings is 2. The van der Waals surface area contributed by atoms with Crippen LogP contribution in [0.2, 0.25) is 0 Å². The molecule has 0 heterocycles. The summed E-state index contributed by atoms with van der Waals surface area (Å²) < 4.78 is 16.8. The monoisotopic (exact) mass is 322 g/mol. The smallest absolute Gasteiger partial charge is 0.271 e. The van der Waals surface area contributed by atoms with E-state index in [4.69, 9.17) is 10.5 Å². The molecule has 6 nitrogen and oxygen atoms in total.